The van der Waals surface area contributed by atoms with Crippen molar-refractivity contribution in [1.29, 1.82) is 0 Å². The molecular weight excluding hydrogens is 403 g/mol. The third-order valence-electron chi connectivity index (χ3n) is 5.44. The number of aromatic hydroxyl groups is 1. The number of amides is 2. The minimum absolute atomic E-state index is 0.0597. The van der Waals surface area contributed by atoms with Gasteiger partial charge in [-0.15, -0.1) is 0 Å². The Kier molecular flexibility index (Phi) is 4.84. The third kappa shape index (κ3) is 4.65. The molecule has 31 heavy (non-hydrogen) atoms. The van der Waals surface area contributed by atoms with Crippen molar-refractivity contribution in [3.8, 4) is 5.75 Å². The van der Waals surface area contributed by atoms with Crippen molar-refractivity contribution in [2.24, 2.45) is 0 Å². The molecule has 4 rings (SSSR count). The normalized spacial score (nSPS) is 20.7. The van der Waals surface area contributed by atoms with Crippen LogP contribution in [-0.2, 0) is 9.53 Å². The summed E-state index contributed by atoms with van der Waals surface area (Å²) in [5.74, 6) is -1.39. The van der Waals surface area contributed by atoms with Gasteiger partial charge in [-0.3, -0.25) is 9.69 Å². The van der Waals surface area contributed by atoms with E-state index in [4.69, 9.17) is 8.85 Å². The first-order valence-electron chi connectivity index (χ1n) is 11.5. The van der Waals surface area contributed by atoms with Gasteiger partial charge in [-0.05, 0) is 42.5 Å². The zero-order valence-corrected chi connectivity index (χ0v) is 16.8. The van der Waals surface area contributed by atoms with Gasteiger partial charge in [0.25, 0.3) is 0 Å². The fourth-order valence-corrected chi connectivity index (χ4v) is 3.83. The van der Waals surface area contributed by atoms with E-state index in [1.54, 1.807) is 24.3 Å². The Hall–Kier alpha value is -3.49. The Morgan fingerprint density at radius 2 is 1.84 bits per heavy atom. The number of carbonyl (C=O) groups excluding carboxylic acids is 2. The lowest BCUT2D eigenvalue weighted by molar-refractivity contribution is -0.119. The Morgan fingerprint density at radius 1 is 1.16 bits per heavy atom. The summed E-state index contributed by atoms with van der Waals surface area (Å²) in [7, 11) is 0. The number of anilines is 3. The number of nitrogens with one attached hydrogen (secondary N) is 1. The monoisotopic (exact) mass is 431 g/mol. The van der Waals surface area contributed by atoms with Crippen molar-refractivity contribution in [3.63, 3.8) is 0 Å². The number of ether oxygens (including phenoxy) is 1. The predicted molar refractivity (Wildman–Crippen MR) is 115 cm³/mol. The van der Waals surface area contributed by atoms with Crippen LogP contribution in [0.3, 0.4) is 0 Å². The number of phenolic OH excluding ortho intramolecular Hbond substituents is 1. The molecule has 0 radical (unpaired) electrons. The Morgan fingerprint density at radius 3 is 2.52 bits per heavy atom. The van der Waals surface area contributed by atoms with E-state index in [-0.39, 0.29) is 18.8 Å². The molecular formula is C22H25FN4O4. The maximum Gasteiger partial charge on any atom is 0.414 e. The van der Waals surface area contributed by atoms with E-state index in [1.165, 1.54) is 11.0 Å². The molecule has 2 amide bonds. The number of hydrogen-bond donors (Lipinski definition) is 2. The summed E-state index contributed by atoms with van der Waals surface area (Å²) in [6.45, 7) is -0.281. The van der Waals surface area contributed by atoms with Crippen molar-refractivity contribution in [2.75, 3.05) is 54.0 Å². The molecule has 2 heterocycles. The summed E-state index contributed by atoms with van der Waals surface area (Å²) in [4.78, 5) is 29.1. The summed E-state index contributed by atoms with van der Waals surface area (Å²) in [6.07, 6.45) is -1.43. The number of rotatable bonds is 5. The molecule has 9 heteroatoms. The van der Waals surface area contributed by atoms with Crippen molar-refractivity contribution in [3.05, 3.63) is 48.3 Å². The van der Waals surface area contributed by atoms with E-state index in [0.29, 0.717) is 37.6 Å². The first-order valence-corrected chi connectivity index (χ1v) is 9.97. The molecule has 0 saturated carbocycles. The number of halogens is 1. The topological polar surface area (TPSA) is 85.4 Å². The second-order valence-corrected chi connectivity index (χ2v) is 7.45. The second kappa shape index (κ2) is 8.71. The molecule has 2 aromatic carbocycles. The standard InChI is InChI=1S/C22H25FN4O4/c1-15(28)24-13-19-14-27(22(30)31-19)17-4-7-21(20(23)12-17)26-10-8-25(9-11-26)16-2-5-18(29)6-3-16/h2-7,12,19,29H,8-11,13-14H2,1H3,(H,24,28)/t19-/m0/s1/i1D3. The lowest BCUT2D eigenvalue weighted by atomic mass is 10.2. The van der Waals surface area contributed by atoms with E-state index >= 15 is 0 Å². The smallest absolute Gasteiger partial charge is 0.414 e. The van der Waals surface area contributed by atoms with Crippen molar-refractivity contribution >= 4 is 29.1 Å². The molecule has 2 aliphatic heterocycles. The molecule has 2 saturated heterocycles. The molecule has 0 aromatic heterocycles. The lowest BCUT2D eigenvalue weighted by Gasteiger charge is -2.37. The van der Waals surface area contributed by atoms with Crippen LogP contribution in [0.4, 0.5) is 26.2 Å². The summed E-state index contributed by atoms with van der Waals surface area (Å²) >= 11 is 0. The number of hydrogen-bond acceptors (Lipinski definition) is 6. The van der Waals surface area contributed by atoms with E-state index in [9.17, 15) is 19.1 Å². The Labute approximate surface area is 184 Å². The van der Waals surface area contributed by atoms with Gasteiger partial charge in [0.05, 0.1) is 24.5 Å². The highest BCUT2D eigenvalue weighted by molar-refractivity contribution is 5.90. The summed E-state index contributed by atoms with van der Waals surface area (Å²) < 4.78 is 41.3. The first-order chi connectivity index (χ1) is 16.1. The van der Waals surface area contributed by atoms with Gasteiger partial charge in [-0.1, -0.05) is 0 Å². The van der Waals surface area contributed by atoms with Gasteiger partial charge in [0.2, 0.25) is 5.91 Å². The van der Waals surface area contributed by atoms with Crippen LogP contribution in [0.15, 0.2) is 42.5 Å². The molecule has 0 bridgehead atoms. The van der Waals surface area contributed by atoms with Gasteiger partial charge >= 0.3 is 6.09 Å². The third-order valence-corrected chi connectivity index (χ3v) is 5.44. The van der Waals surface area contributed by atoms with Crippen LogP contribution in [0.1, 0.15) is 11.0 Å². The molecule has 1 atom stereocenters. The van der Waals surface area contributed by atoms with Crippen LogP contribution in [0.5, 0.6) is 5.75 Å². The van der Waals surface area contributed by atoms with Gasteiger partial charge in [-0.25, -0.2) is 9.18 Å². The molecule has 8 nitrogen and oxygen atoms in total. The van der Waals surface area contributed by atoms with E-state index < -0.39 is 30.8 Å². The molecule has 2 aromatic rings. The highest BCUT2D eigenvalue weighted by atomic mass is 19.1. The maximum absolute atomic E-state index is 15.0. The van der Waals surface area contributed by atoms with Gasteiger partial charge in [0, 0.05) is 42.8 Å². The SMILES string of the molecule is [2H]C([2H])([2H])C(=O)NC[C@H]1CN(c2ccc(N3CCN(c4ccc(O)cc4)CC3)c(F)c2)C(=O)O1. The van der Waals surface area contributed by atoms with Crippen LogP contribution < -0.4 is 20.0 Å². The quantitative estimate of drug-likeness (QED) is 0.756. The molecule has 2 fully saturated rings. The van der Waals surface area contributed by atoms with Crippen LogP contribution in [0.25, 0.3) is 0 Å². The first kappa shape index (κ1) is 17.2. The minimum atomic E-state index is -2.78. The van der Waals surface area contributed by atoms with E-state index in [0.717, 1.165) is 5.69 Å². The molecule has 0 spiro atoms. The number of cyclic esters (lactones) is 1. The second-order valence-electron chi connectivity index (χ2n) is 7.45. The molecule has 2 aliphatic rings. The highest BCUT2D eigenvalue weighted by Gasteiger charge is 2.33. The summed E-state index contributed by atoms with van der Waals surface area (Å²) in [5, 5.41) is 11.7. The average Bonchev–Trinajstić information content (AvgIpc) is 3.18. The number of benzene rings is 2. The molecule has 164 valence electrons. The largest absolute Gasteiger partial charge is 0.508 e. The molecule has 2 N–H and O–H groups in total. The average molecular weight is 431 g/mol. The minimum Gasteiger partial charge on any atom is -0.508 e. The van der Waals surface area contributed by atoms with Crippen LogP contribution >= 0.6 is 0 Å². The Balaban J connectivity index is 1.35. The summed E-state index contributed by atoms with van der Waals surface area (Å²) in [6, 6.07) is 11.5. The van der Waals surface area contributed by atoms with Gasteiger partial charge in [0.1, 0.15) is 17.7 Å². The molecule has 0 unspecified atom stereocenters. The maximum atomic E-state index is 15.0. The summed E-state index contributed by atoms with van der Waals surface area (Å²) in [5.41, 5.74) is 1.74. The zero-order valence-electron chi connectivity index (χ0n) is 19.8. The molecule has 0 aliphatic carbocycles. The number of phenols is 1. The Bertz CT molecular complexity index is 1060. The van der Waals surface area contributed by atoms with Crippen molar-refractivity contribution in [2.45, 2.75) is 13.0 Å². The van der Waals surface area contributed by atoms with Crippen LogP contribution in [-0.4, -0.2) is 62.5 Å². The number of nitrogens with zero attached hydrogens (tertiary/aromatic N) is 3. The lowest BCUT2D eigenvalue weighted by Crippen LogP contribution is -2.46. The van der Waals surface area contributed by atoms with Crippen molar-refractivity contribution < 1.29 is 27.9 Å². The van der Waals surface area contributed by atoms with Gasteiger partial charge in [0.15, 0.2) is 0 Å². The predicted octanol–water partition coefficient (Wildman–Crippen LogP) is 2.32. The number of piperazine rings is 1. The van der Waals surface area contributed by atoms with E-state index in [1.807, 2.05) is 17.0 Å². The zero-order chi connectivity index (χ0) is 24.5. The number of carbonyl (C=O) groups is 2. The fraction of sp³-hybridized carbons (Fsp3) is 0.364. The van der Waals surface area contributed by atoms with E-state index in [2.05, 4.69) is 10.2 Å². The van der Waals surface area contributed by atoms with Crippen molar-refractivity contribution in [1.82, 2.24) is 5.32 Å². The van der Waals surface area contributed by atoms with Gasteiger partial charge < -0.3 is 25.0 Å². The fourth-order valence-electron chi connectivity index (χ4n) is 3.83. The van der Waals surface area contributed by atoms with Crippen LogP contribution in [0.2, 0.25) is 0 Å². The van der Waals surface area contributed by atoms with Crippen LogP contribution in [0, 0.1) is 5.82 Å². The highest BCUT2D eigenvalue weighted by Crippen LogP contribution is 2.29. The van der Waals surface area contributed by atoms with Gasteiger partial charge in [-0.2, -0.15) is 0 Å².